The molecule has 0 aromatic heterocycles. The number of carbonyl (C=O) groups excluding carboxylic acids is 3. The molecule has 1 spiro atoms. The van der Waals surface area contributed by atoms with E-state index in [1.54, 1.807) is 0 Å². The van der Waals surface area contributed by atoms with Crippen LogP contribution >= 0.6 is 0 Å². The number of anilines is 1. The second-order valence-electron chi connectivity index (χ2n) is 6.90. The van der Waals surface area contributed by atoms with Crippen LogP contribution in [0.4, 0.5) is 23.7 Å². The Labute approximate surface area is 159 Å². The highest BCUT2D eigenvalue weighted by Crippen LogP contribution is 2.33. The zero-order valence-corrected chi connectivity index (χ0v) is 15.0. The van der Waals surface area contributed by atoms with Gasteiger partial charge in [0, 0.05) is 18.7 Å². The Morgan fingerprint density at radius 2 is 1.79 bits per heavy atom. The molecular formula is C18H20F3N3O4. The van der Waals surface area contributed by atoms with Gasteiger partial charge in [-0.1, -0.05) is 19.3 Å². The Bertz CT molecular complexity index is 758. The predicted octanol–water partition coefficient (Wildman–Crippen LogP) is 3.17. The number of nitrogens with zero attached hydrogens (tertiary/aromatic N) is 1. The van der Waals surface area contributed by atoms with Crippen molar-refractivity contribution in [2.75, 3.05) is 11.9 Å². The van der Waals surface area contributed by atoms with Crippen LogP contribution < -0.4 is 15.4 Å². The number of urea groups is 1. The maximum absolute atomic E-state index is 12.6. The quantitative estimate of drug-likeness (QED) is 0.745. The van der Waals surface area contributed by atoms with Crippen LogP contribution in [0.3, 0.4) is 0 Å². The SMILES string of the molecule is O=C(CCN1C(=O)NC2(CCCCC2)C1=O)Nc1ccc(OC(F)(F)F)cc1. The van der Waals surface area contributed by atoms with Gasteiger partial charge >= 0.3 is 12.4 Å². The van der Waals surface area contributed by atoms with Crippen molar-refractivity contribution < 1.29 is 32.3 Å². The summed E-state index contributed by atoms with van der Waals surface area (Å²) >= 11 is 0. The zero-order chi connectivity index (χ0) is 20.4. The first kappa shape index (κ1) is 20.0. The highest BCUT2D eigenvalue weighted by atomic mass is 19.4. The molecule has 2 fully saturated rings. The van der Waals surface area contributed by atoms with E-state index in [2.05, 4.69) is 15.4 Å². The minimum atomic E-state index is -4.79. The van der Waals surface area contributed by atoms with Crippen LogP contribution in [-0.2, 0) is 9.59 Å². The van der Waals surface area contributed by atoms with Crippen molar-refractivity contribution in [3.8, 4) is 5.75 Å². The maximum Gasteiger partial charge on any atom is 0.573 e. The van der Waals surface area contributed by atoms with Crippen LogP contribution in [0, 0.1) is 0 Å². The molecule has 4 amide bonds. The van der Waals surface area contributed by atoms with E-state index < -0.39 is 29.6 Å². The highest BCUT2D eigenvalue weighted by molar-refractivity contribution is 6.07. The number of ether oxygens (including phenoxy) is 1. The normalized spacial score (nSPS) is 18.9. The lowest BCUT2D eigenvalue weighted by molar-refractivity contribution is -0.274. The van der Waals surface area contributed by atoms with E-state index in [1.165, 1.54) is 12.1 Å². The molecule has 1 aliphatic heterocycles. The number of carbonyl (C=O) groups is 3. The number of amides is 4. The molecule has 0 bridgehead atoms. The molecule has 1 aliphatic carbocycles. The molecule has 3 rings (SSSR count). The lowest BCUT2D eigenvalue weighted by Gasteiger charge is -2.30. The third-order valence-corrected chi connectivity index (χ3v) is 4.89. The number of halogens is 3. The molecule has 10 heteroatoms. The molecular weight excluding hydrogens is 379 g/mol. The monoisotopic (exact) mass is 399 g/mol. The van der Waals surface area contributed by atoms with Gasteiger partial charge in [-0.05, 0) is 37.1 Å². The summed E-state index contributed by atoms with van der Waals surface area (Å²) in [5.41, 5.74) is -0.555. The highest BCUT2D eigenvalue weighted by Gasteiger charge is 2.51. The number of nitrogens with one attached hydrogen (secondary N) is 2. The fourth-order valence-electron chi connectivity index (χ4n) is 3.55. The first-order chi connectivity index (χ1) is 13.2. The number of imide groups is 1. The Morgan fingerprint density at radius 1 is 1.14 bits per heavy atom. The molecule has 1 saturated heterocycles. The standard InChI is InChI=1S/C18H20F3N3O4/c19-18(20,21)28-13-6-4-12(5-7-13)22-14(25)8-11-24-15(26)17(23-16(24)27)9-2-1-3-10-17/h4-7H,1-3,8-11H2,(H,22,25)(H,23,27). The Kier molecular flexibility index (Phi) is 5.48. The lowest BCUT2D eigenvalue weighted by Crippen LogP contribution is -2.48. The van der Waals surface area contributed by atoms with Crippen LogP contribution in [0.15, 0.2) is 24.3 Å². The third kappa shape index (κ3) is 4.55. The van der Waals surface area contributed by atoms with E-state index in [0.717, 1.165) is 36.3 Å². The average molecular weight is 399 g/mol. The molecule has 152 valence electrons. The molecule has 1 aromatic carbocycles. The minimum Gasteiger partial charge on any atom is -0.406 e. The average Bonchev–Trinajstić information content (AvgIpc) is 2.84. The van der Waals surface area contributed by atoms with Crippen molar-refractivity contribution in [1.82, 2.24) is 10.2 Å². The fourth-order valence-corrected chi connectivity index (χ4v) is 3.55. The molecule has 1 aromatic rings. The van der Waals surface area contributed by atoms with E-state index in [4.69, 9.17) is 0 Å². The molecule has 28 heavy (non-hydrogen) atoms. The second kappa shape index (κ2) is 7.69. The summed E-state index contributed by atoms with van der Waals surface area (Å²) in [6, 6.07) is 4.20. The van der Waals surface area contributed by atoms with Gasteiger partial charge in [0.15, 0.2) is 0 Å². The maximum atomic E-state index is 12.6. The minimum absolute atomic E-state index is 0.0620. The summed E-state index contributed by atoms with van der Waals surface area (Å²) in [5.74, 6) is -1.16. The van der Waals surface area contributed by atoms with Gasteiger partial charge in [0.1, 0.15) is 11.3 Å². The topological polar surface area (TPSA) is 87.7 Å². The smallest absolute Gasteiger partial charge is 0.406 e. The second-order valence-corrected chi connectivity index (χ2v) is 6.90. The summed E-state index contributed by atoms with van der Waals surface area (Å²) in [7, 11) is 0. The van der Waals surface area contributed by atoms with Crippen LogP contribution in [0.5, 0.6) is 5.75 Å². The van der Waals surface area contributed by atoms with E-state index in [9.17, 15) is 27.6 Å². The van der Waals surface area contributed by atoms with Crippen LogP contribution in [0.1, 0.15) is 38.5 Å². The molecule has 1 heterocycles. The zero-order valence-electron chi connectivity index (χ0n) is 15.0. The summed E-state index contributed by atoms with van der Waals surface area (Å²) in [4.78, 5) is 37.9. The Balaban J connectivity index is 1.51. The fraction of sp³-hybridized carbons (Fsp3) is 0.500. The van der Waals surface area contributed by atoms with Crippen LogP contribution in [0.25, 0.3) is 0 Å². The lowest BCUT2D eigenvalue weighted by atomic mass is 9.82. The van der Waals surface area contributed by atoms with E-state index in [0.29, 0.717) is 12.8 Å². The third-order valence-electron chi connectivity index (χ3n) is 4.89. The van der Waals surface area contributed by atoms with Gasteiger partial charge in [-0.2, -0.15) is 0 Å². The summed E-state index contributed by atoms with van der Waals surface area (Å²) in [6.45, 7) is -0.0620. The molecule has 2 N–H and O–H groups in total. The van der Waals surface area contributed by atoms with E-state index in [-0.39, 0.29) is 24.6 Å². The van der Waals surface area contributed by atoms with Crippen molar-refractivity contribution in [3.63, 3.8) is 0 Å². The number of alkyl halides is 3. The number of hydrogen-bond donors (Lipinski definition) is 2. The largest absolute Gasteiger partial charge is 0.573 e. The van der Waals surface area contributed by atoms with Crippen LogP contribution in [-0.4, -0.2) is 41.2 Å². The Hall–Kier alpha value is -2.78. The summed E-state index contributed by atoms with van der Waals surface area (Å²) in [6.07, 6.45) is -0.929. The van der Waals surface area contributed by atoms with Gasteiger partial charge in [-0.3, -0.25) is 14.5 Å². The number of rotatable bonds is 5. The molecule has 1 saturated carbocycles. The van der Waals surface area contributed by atoms with Crippen molar-refractivity contribution in [2.24, 2.45) is 0 Å². The number of benzene rings is 1. The van der Waals surface area contributed by atoms with Gasteiger partial charge in [0.25, 0.3) is 5.91 Å². The molecule has 7 nitrogen and oxygen atoms in total. The van der Waals surface area contributed by atoms with Crippen molar-refractivity contribution >= 4 is 23.5 Å². The first-order valence-electron chi connectivity index (χ1n) is 8.98. The van der Waals surface area contributed by atoms with Gasteiger partial charge in [-0.25, -0.2) is 4.79 Å². The molecule has 0 atom stereocenters. The van der Waals surface area contributed by atoms with Crippen LogP contribution in [0.2, 0.25) is 0 Å². The van der Waals surface area contributed by atoms with Crippen molar-refractivity contribution in [1.29, 1.82) is 0 Å². The van der Waals surface area contributed by atoms with Gasteiger partial charge in [0.2, 0.25) is 5.91 Å². The van der Waals surface area contributed by atoms with Crippen molar-refractivity contribution in [3.05, 3.63) is 24.3 Å². The van der Waals surface area contributed by atoms with E-state index >= 15 is 0 Å². The Morgan fingerprint density at radius 3 is 2.39 bits per heavy atom. The van der Waals surface area contributed by atoms with Gasteiger partial charge in [0.05, 0.1) is 0 Å². The van der Waals surface area contributed by atoms with E-state index in [1.807, 2.05) is 0 Å². The summed E-state index contributed by atoms with van der Waals surface area (Å²) in [5, 5.41) is 5.28. The molecule has 0 radical (unpaired) electrons. The predicted molar refractivity (Wildman–Crippen MR) is 92.4 cm³/mol. The summed E-state index contributed by atoms with van der Waals surface area (Å²) < 4.78 is 40.2. The first-order valence-corrected chi connectivity index (χ1v) is 8.98. The number of hydrogen-bond acceptors (Lipinski definition) is 4. The molecule has 2 aliphatic rings. The molecule has 0 unspecified atom stereocenters. The van der Waals surface area contributed by atoms with Gasteiger partial charge < -0.3 is 15.4 Å². The van der Waals surface area contributed by atoms with Crippen molar-refractivity contribution in [2.45, 2.75) is 50.4 Å². The van der Waals surface area contributed by atoms with Gasteiger partial charge in [-0.15, -0.1) is 13.2 Å².